The van der Waals surface area contributed by atoms with Gasteiger partial charge in [0.2, 0.25) is 0 Å². The number of carbonyl (C=O) groups is 1. The van der Waals surface area contributed by atoms with Gasteiger partial charge in [-0.05, 0) is 68.9 Å². The topological polar surface area (TPSA) is 79.5 Å². The fraction of sp³-hybridized carbons (Fsp3) is 0.600. The molecule has 148 valence electrons. The van der Waals surface area contributed by atoms with Crippen LogP contribution in [0.2, 0.25) is 0 Å². The van der Waals surface area contributed by atoms with Crippen LogP contribution < -0.4 is 5.32 Å². The van der Waals surface area contributed by atoms with Gasteiger partial charge in [-0.1, -0.05) is 6.92 Å². The number of ether oxygens (including phenoxy) is 2. The summed E-state index contributed by atoms with van der Waals surface area (Å²) in [4.78, 5) is 22.4. The lowest BCUT2D eigenvalue weighted by Crippen LogP contribution is -2.32. The summed E-state index contributed by atoms with van der Waals surface area (Å²) < 4.78 is 10.2. The first-order valence-corrected chi connectivity index (χ1v) is 9.84. The monoisotopic (exact) mass is 374 g/mol. The third kappa shape index (κ3) is 5.20. The molecule has 3 heterocycles. The van der Waals surface area contributed by atoms with Crippen molar-refractivity contribution in [2.45, 2.75) is 38.5 Å². The number of aromatic nitrogens is 2. The molecule has 3 rings (SSSR count). The van der Waals surface area contributed by atoms with E-state index in [-0.39, 0.29) is 0 Å². The lowest BCUT2D eigenvalue weighted by Gasteiger charge is -2.30. The number of aromatic amines is 1. The van der Waals surface area contributed by atoms with Gasteiger partial charge in [0.1, 0.15) is 5.82 Å². The summed E-state index contributed by atoms with van der Waals surface area (Å²) in [5.41, 5.74) is 3.20. The molecule has 0 atom stereocenters. The van der Waals surface area contributed by atoms with E-state index < -0.39 is 6.09 Å². The van der Waals surface area contributed by atoms with Gasteiger partial charge in [-0.2, -0.15) is 0 Å². The van der Waals surface area contributed by atoms with Crippen molar-refractivity contribution in [1.82, 2.24) is 14.9 Å². The van der Waals surface area contributed by atoms with Crippen LogP contribution in [0.3, 0.4) is 0 Å². The van der Waals surface area contributed by atoms with Gasteiger partial charge in [0.15, 0.2) is 0 Å². The number of likely N-dealkylation sites (tertiary alicyclic amines) is 1. The third-order valence-corrected chi connectivity index (χ3v) is 5.23. The minimum atomic E-state index is -0.465. The summed E-state index contributed by atoms with van der Waals surface area (Å²) in [6.45, 7) is 6.63. The van der Waals surface area contributed by atoms with Crippen molar-refractivity contribution >= 4 is 22.9 Å². The van der Waals surface area contributed by atoms with Crippen LogP contribution in [0.15, 0.2) is 18.3 Å². The van der Waals surface area contributed by atoms with Gasteiger partial charge in [-0.3, -0.25) is 5.32 Å². The number of H-pyrrole nitrogens is 1. The Kier molecular flexibility index (Phi) is 7.06. The zero-order valence-corrected chi connectivity index (χ0v) is 16.3. The first kappa shape index (κ1) is 19.6. The van der Waals surface area contributed by atoms with Crippen molar-refractivity contribution in [1.29, 1.82) is 0 Å². The van der Waals surface area contributed by atoms with Crippen LogP contribution in [0.25, 0.3) is 11.0 Å². The van der Waals surface area contributed by atoms with Crippen molar-refractivity contribution < 1.29 is 14.3 Å². The lowest BCUT2D eigenvalue weighted by molar-refractivity contribution is 0.148. The molecule has 0 bridgehead atoms. The van der Waals surface area contributed by atoms with Crippen molar-refractivity contribution in [2.24, 2.45) is 0 Å². The van der Waals surface area contributed by atoms with Crippen LogP contribution in [0.5, 0.6) is 0 Å². The standard InChI is InChI=1S/C20H30N4O3/c1-3-24-10-8-15(9-11-24)16-14-21-17-6-7-18(22-19(16)17)23-20(25)27-13-5-4-12-26-2/h6-7,14-15,21H,3-5,8-13H2,1-2H3,(H,22,23,25). The molecule has 0 saturated carbocycles. The first-order valence-electron chi connectivity index (χ1n) is 9.84. The summed E-state index contributed by atoms with van der Waals surface area (Å²) in [6.07, 6.45) is 5.55. The predicted molar refractivity (Wildman–Crippen MR) is 106 cm³/mol. The van der Waals surface area contributed by atoms with E-state index in [2.05, 4.69) is 33.3 Å². The molecule has 2 N–H and O–H groups in total. The van der Waals surface area contributed by atoms with E-state index in [1.807, 2.05) is 6.07 Å². The molecular weight excluding hydrogens is 344 g/mol. The second kappa shape index (κ2) is 9.71. The van der Waals surface area contributed by atoms with Crippen LogP contribution in [0.1, 0.15) is 44.1 Å². The molecule has 1 amide bonds. The molecule has 1 aliphatic heterocycles. The fourth-order valence-electron chi connectivity index (χ4n) is 3.61. The highest BCUT2D eigenvalue weighted by Gasteiger charge is 2.22. The summed E-state index contributed by atoms with van der Waals surface area (Å²) >= 11 is 0. The highest BCUT2D eigenvalue weighted by molar-refractivity contribution is 5.87. The largest absolute Gasteiger partial charge is 0.449 e. The Morgan fingerprint density at radius 3 is 2.81 bits per heavy atom. The lowest BCUT2D eigenvalue weighted by atomic mass is 9.90. The second-order valence-corrected chi connectivity index (χ2v) is 7.01. The summed E-state index contributed by atoms with van der Waals surface area (Å²) in [6, 6.07) is 3.76. The van der Waals surface area contributed by atoms with E-state index in [1.165, 1.54) is 5.56 Å². The summed E-state index contributed by atoms with van der Waals surface area (Å²) in [5.74, 6) is 1.04. The molecule has 1 saturated heterocycles. The minimum Gasteiger partial charge on any atom is -0.449 e. The highest BCUT2D eigenvalue weighted by Crippen LogP contribution is 2.32. The fourth-order valence-corrected chi connectivity index (χ4v) is 3.61. The molecule has 1 aliphatic rings. The quantitative estimate of drug-likeness (QED) is 0.688. The number of pyridine rings is 1. The summed E-state index contributed by atoms with van der Waals surface area (Å²) in [5, 5.41) is 2.74. The molecule has 7 nitrogen and oxygen atoms in total. The number of methoxy groups -OCH3 is 1. The number of hydrogen-bond acceptors (Lipinski definition) is 5. The molecule has 0 aliphatic carbocycles. The number of anilines is 1. The molecule has 0 spiro atoms. The van der Waals surface area contributed by atoms with Crippen LogP contribution in [0, 0.1) is 0 Å². The van der Waals surface area contributed by atoms with Crippen LogP contribution >= 0.6 is 0 Å². The van der Waals surface area contributed by atoms with Gasteiger partial charge < -0.3 is 19.4 Å². The average Bonchev–Trinajstić information content (AvgIpc) is 3.11. The Morgan fingerprint density at radius 2 is 2.07 bits per heavy atom. The Morgan fingerprint density at radius 1 is 1.30 bits per heavy atom. The van der Waals surface area contributed by atoms with Crippen molar-refractivity contribution in [3.8, 4) is 0 Å². The zero-order chi connectivity index (χ0) is 19.1. The average molecular weight is 374 g/mol. The number of unbranched alkanes of at least 4 members (excludes halogenated alkanes) is 1. The first-order chi connectivity index (χ1) is 13.2. The van der Waals surface area contributed by atoms with E-state index >= 15 is 0 Å². The maximum atomic E-state index is 12.0. The maximum Gasteiger partial charge on any atom is 0.412 e. The van der Waals surface area contributed by atoms with Gasteiger partial charge in [-0.25, -0.2) is 9.78 Å². The molecule has 2 aromatic heterocycles. The van der Waals surface area contributed by atoms with Crippen molar-refractivity contribution in [3.63, 3.8) is 0 Å². The minimum absolute atomic E-state index is 0.378. The Labute approximate surface area is 160 Å². The smallest absolute Gasteiger partial charge is 0.412 e. The van der Waals surface area contributed by atoms with Crippen molar-refractivity contribution in [2.75, 3.05) is 45.3 Å². The van der Waals surface area contributed by atoms with E-state index in [0.717, 1.165) is 56.4 Å². The zero-order valence-electron chi connectivity index (χ0n) is 16.3. The van der Waals surface area contributed by atoms with Crippen molar-refractivity contribution in [3.05, 3.63) is 23.9 Å². The number of nitrogens with zero attached hydrogens (tertiary/aromatic N) is 2. The van der Waals surface area contributed by atoms with Crippen LogP contribution in [-0.2, 0) is 9.47 Å². The number of nitrogens with one attached hydrogen (secondary N) is 2. The van der Waals surface area contributed by atoms with E-state index in [0.29, 0.717) is 24.9 Å². The predicted octanol–water partition coefficient (Wildman–Crippen LogP) is 3.74. The molecule has 7 heteroatoms. The number of rotatable bonds is 8. The Bertz CT molecular complexity index is 738. The molecule has 1 fully saturated rings. The van der Waals surface area contributed by atoms with Gasteiger partial charge in [-0.15, -0.1) is 0 Å². The van der Waals surface area contributed by atoms with Crippen LogP contribution in [0.4, 0.5) is 10.6 Å². The third-order valence-electron chi connectivity index (χ3n) is 5.23. The molecular formula is C20H30N4O3. The molecule has 0 aromatic carbocycles. The SMILES string of the molecule is CCN1CCC(c2c[nH]c3ccc(NC(=O)OCCCCOC)nc23)CC1. The van der Waals surface area contributed by atoms with Gasteiger partial charge >= 0.3 is 6.09 Å². The second-order valence-electron chi connectivity index (χ2n) is 7.01. The Hall–Kier alpha value is -2.12. The highest BCUT2D eigenvalue weighted by atomic mass is 16.5. The van der Waals surface area contributed by atoms with Gasteiger partial charge in [0.05, 0.1) is 17.6 Å². The Balaban J connectivity index is 1.60. The number of hydrogen-bond donors (Lipinski definition) is 2. The van der Waals surface area contributed by atoms with Gasteiger partial charge in [0.25, 0.3) is 0 Å². The van der Waals surface area contributed by atoms with Gasteiger partial charge in [0, 0.05) is 19.9 Å². The van der Waals surface area contributed by atoms with Crippen LogP contribution in [-0.4, -0.2) is 60.9 Å². The molecule has 27 heavy (non-hydrogen) atoms. The van der Waals surface area contributed by atoms with E-state index in [1.54, 1.807) is 13.2 Å². The maximum absolute atomic E-state index is 12.0. The number of piperidine rings is 1. The number of fused-ring (bicyclic) bond motifs is 1. The number of amides is 1. The van der Waals surface area contributed by atoms with E-state index in [9.17, 15) is 4.79 Å². The molecule has 0 unspecified atom stereocenters. The number of carbonyl (C=O) groups excluding carboxylic acids is 1. The molecule has 2 aromatic rings. The van der Waals surface area contributed by atoms with E-state index in [4.69, 9.17) is 9.47 Å². The molecule has 0 radical (unpaired) electrons. The normalized spacial score (nSPS) is 15.9. The summed E-state index contributed by atoms with van der Waals surface area (Å²) in [7, 11) is 1.66.